The van der Waals surface area contributed by atoms with Gasteiger partial charge in [-0.15, -0.1) is 0 Å². The summed E-state index contributed by atoms with van der Waals surface area (Å²) in [5, 5.41) is 0. The molecule has 1 rings (SSSR count). The monoisotopic (exact) mass is 253 g/mol. The molecule has 1 aromatic carbocycles. The number of benzene rings is 1. The third-order valence-electron chi connectivity index (χ3n) is 3.33. The van der Waals surface area contributed by atoms with E-state index in [1.54, 1.807) is 25.4 Å². The van der Waals surface area contributed by atoms with Crippen molar-refractivity contribution < 1.29 is 8.78 Å². The van der Waals surface area contributed by atoms with Gasteiger partial charge in [-0.3, -0.25) is 4.99 Å². The summed E-state index contributed by atoms with van der Waals surface area (Å²) < 4.78 is 26.9. The third kappa shape index (κ3) is 3.15. The molecule has 0 aromatic heterocycles. The molecule has 0 aliphatic heterocycles. The van der Waals surface area contributed by atoms with Gasteiger partial charge in [0.1, 0.15) is 0 Å². The first-order chi connectivity index (χ1) is 8.31. The van der Waals surface area contributed by atoms with E-state index in [0.29, 0.717) is 0 Å². The molecule has 0 saturated heterocycles. The average molecular weight is 253 g/mol. The summed E-state index contributed by atoms with van der Waals surface area (Å²) >= 11 is 0. The van der Waals surface area contributed by atoms with Crippen LogP contribution in [0, 0.1) is 6.92 Å². The highest BCUT2D eigenvalue weighted by atomic mass is 19.3. The van der Waals surface area contributed by atoms with Gasteiger partial charge in [-0.1, -0.05) is 13.8 Å². The summed E-state index contributed by atoms with van der Waals surface area (Å²) in [6, 6.07) is 3.18. The van der Waals surface area contributed by atoms with Crippen LogP contribution in [0.15, 0.2) is 17.1 Å². The van der Waals surface area contributed by atoms with E-state index in [1.165, 1.54) is 0 Å². The molecule has 0 heterocycles. The minimum absolute atomic E-state index is 0.0866. The number of alkyl halides is 2. The zero-order valence-electron chi connectivity index (χ0n) is 11.7. The van der Waals surface area contributed by atoms with E-state index >= 15 is 0 Å². The summed E-state index contributed by atoms with van der Waals surface area (Å²) in [6.07, 6.45) is 2.68. The first kappa shape index (κ1) is 14.8. The number of aryl methyl sites for hydroxylation is 1. The van der Waals surface area contributed by atoms with Crippen LogP contribution in [-0.2, 0) is 5.92 Å². The van der Waals surface area contributed by atoms with Gasteiger partial charge >= 0.3 is 0 Å². The van der Waals surface area contributed by atoms with Gasteiger partial charge in [0, 0.05) is 25.7 Å². The number of hydrogen-bond acceptors (Lipinski definition) is 1. The molecule has 0 bridgehead atoms. The molecular formula is C15H21F2N. The maximum absolute atomic E-state index is 13.5. The lowest BCUT2D eigenvalue weighted by molar-refractivity contribution is 0.0173. The maximum Gasteiger partial charge on any atom is 0.270 e. The lowest BCUT2D eigenvalue weighted by atomic mass is 9.88. The van der Waals surface area contributed by atoms with E-state index in [0.717, 1.165) is 30.0 Å². The number of hydrogen-bond donors (Lipinski definition) is 0. The Morgan fingerprint density at radius 3 is 2.44 bits per heavy atom. The van der Waals surface area contributed by atoms with Crippen molar-refractivity contribution >= 4 is 6.21 Å². The van der Waals surface area contributed by atoms with Crippen molar-refractivity contribution in [3.8, 4) is 0 Å². The van der Waals surface area contributed by atoms with Crippen molar-refractivity contribution in [2.75, 3.05) is 7.05 Å². The Morgan fingerprint density at radius 1 is 1.39 bits per heavy atom. The predicted molar refractivity (Wildman–Crippen MR) is 73.0 cm³/mol. The second kappa shape index (κ2) is 5.59. The molecule has 0 aliphatic rings. The maximum atomic E-state index is 13.5. The normalized spacial score (nSPS) is 14.2. The molecule has 0 radical (unpaired) electrons. The summed E-state index contributed by atoms with van der Waals surface area (Å²) in [5.41, 5.74) is 2.87. The Hall–Kier alpha value is -1.25. The van der Waals surface area contributed by atoms with Crippen LogP contribution in [-0.4, -0.2) is 13.3 Å². The van der Waals surface area contributed by atoms with Crippen LogP contribution in [0.4, 0.5) is 8.78 Å². The predicted octanol–water partition coefficient (Wildman–Crippen LogP) is 4.67. The molecule has 0 unspecified atom stereocenters. The van der Waals surface area contributed by atoms with E-state index in [4.69, 9.17) is 0 Å². The smallest absolute Gasteiger partial charge is 0.270 e. The van der Waals surface area contributed by atoms with Crippen LogP contribution in [0.1, 0.15) is 55.4 Å². The van der Waals surface area contributed by atoms with Crippen LogP contribution in [0.3, 0.4) is 0 Å². The topological polar surface area (TPSA) is 12.4 Å². The van der Waals surface area contributed by atoms with Gasteiger partial charge in [-0.25, -0.2) is 8.78 Å². The van der Waals surface area contributed by atoms with Crippen LogP contribution in [0.5, 0.6) is 0 Å². The van der Waals surface area contributed by atoms with E-state index in [1.807, 2.05) is 6.92 Å². The van der Waals surface area contributed by atoms with Crippen LogP contribution < -0.4 is 0 Å². The zero-order chi connectivity index (χ0) is 13.9. The molecule has 0 fully saturated rings. The molecule has 1 nitrogen and oxygen atoms in total. The fourth-order valence-corrected chi connectivity index (χ4v) is 2.01. The van der Waals surface area contributed by atoms with E-state index in [-0.39, 0.29) is 11.5 Å². The van der Waals surface area contributed by atoms with Crippen LogP contribution in [0.2, 0.25) is 0 Å². The minimum atomic E-state index is -2.80. The largest absolute Gasteiger partial charge is 0.296 e. The van der Waals surface area contributed by atoms with Gasteiger partial charge in [-0.2, -0.15) is 0 Å². The van der Waals surface area contributed by atoms with Gasteiger partial charge in [0.2, 0.25) is 0 Å². The second-order valence-corrected chi connectivity index (χ2v) is 4.88. The average Bonchev–Trinajstić information content (AvgIpc) is 2.29. The van der Waals surface area contributed by atoms with Gasteiger partial charge in [0.25, 0.3) is 5.92 Å². The highest BCUT2D eigenvalue weighted by Gasteiger charge is 2.26. The van der Waals surface area contributed by atoms with Crippen molar-refractivity contribution in [2.45, 2.75) is 46.0 Å². The Labute approximate surface area is 108 Å². The minimum Gasteiger partial charge on any atom is -0.296 e. The molecule has 0 spiro atoms. The Morgan fingerprint density at radius 2 is 2.00 bits per heavy atom. The van der Waals surface area contributed by atoms with Crippen LogP contribution in [0.25, 0.3) is 0 Å². The third-order valence-corrected chi connectivity index (χ3v) is 3.33. The Balaban J connectivity index is 3.46. The first-order valence-corrected chi connectivity index (χ1v) is 6.26. The molecule has 0 saturated carbocycles. The molecule has 3 heteroatoms. The zero-order valence-corrected chi connectivity index (χ0v) is 11.7. The van der Waals surface area contributed by atoms with Gasteiger partial charge in [-0.05, 0) is 48.1 Å². The van der Waals surface area contributed by atoms with Crippen LogP contribution >= 0.6 is 0 Å². The summed E-state index contributed by atoms with van der Waals surface area (Å²) in [5.74, 6) is -2.55. The molecule has 100 valence electrons. The molecule has 0 amide bonds. The molecule has 1 aromatic rings. The van der Waals surface area contributed by atoms with E-state index in [2.05, 4.69) is 18.8 Å². The van der Waals surface area contributed by atoms with Crippen molar-refractivity contribution in [2.24, 2.45) is 4.99 Å². The summed E-state index contributed by atoms with van der Waals surface area (Å²) in [6.45, 7) is 6.91. The number of halogens is 2. The fraction of sp³-hybridized carbons (Fsp3) is 0.533. The summed E-state index contributed by atoms with van der Waals surface area (Å²) in [7, 11) is 1.70. The van der Waals surface area contributed by atoms with E-state index in [9.17, 15) is 8.78 Å². The van der Waals surface area contributed by atoms with Crippen molar-refractivity contribution in [3.05, 3.63) is 34.4 Å². The molecule has 1 atom stereocenters. The van der Waals surface area contributed by atoms with Gasteiger partial charge < -0.3 is 0 Å². The lowest BCUT2D eigenvalue weighted by Gasteiger charge is -2.19. The fourth-order valence-electron chi connectivity index (χ4n) is 2.01. The number of nitrogens with zero attached hydrogens (tertiary/aromatic N) is 1. The highest BCUT2D eigenvalue weighted by molar-refractivity contribution is 5.84. The number of aliphatic imine (C=N–C) groups is 1. The highest BCUT2D eigenvalue weighted by Crippen LogP contribution is 2.33. The number of rotatable bonds is 4. The van der Waals surface area contributed by atoms with Gasteiger partial charge in [0.05, 0.1) is 0 Å². The second-order valence-electron chi connectivity index (χ2n) is 4.88. The van der Waals surface area contributed by atoms with Crippen molar-refractivity contribution in [3.63, 3.8) is 0 Å². The quantitative estimate of drug-likeness (QED) is 0.691. The van der Waals surface area contributed by atoms with Gasteiger partial charge in [0.15, 0.2) is 0 Å². The molecule has 18 heavy (non-hydrogen) atoms. The Bertz CT molecular complexity index is 445. The Kier molecular flexibility index (Phi) is 4.60. The first-order valence-electron chi connectivity index (χ1n) is 6.26. The SMILES string of the molecule is CC[C@H](C)c1cc(C(C)(F)F)cc(C)c1/C=N\C. The summed E-state index contributed by atoms with van der Waals surface area (Å²) in [4.78, 5) is 4.02. The lowest BCUT2D eigenvalue weighted by Crippen LogP contribution is -2.11. The standard InChI is InChI=1S/C15H21F2N/c1-6-10(2)13-8-12(15(4,16)17)7-11(3)14(13)9-18-5/h7-10H,6H2,1-5H3/b18-9-/t10-/m0/s1. The molecular weight excluding hydrogens is 232 g/mol. The van der Waals surface area contributed by atoms with Crippen molar-refractivity contribution in [1.29, 1.82) is 0 Å². The molecule has 0 aliphatic carbocycles. The van der Waals surface area contributed by atoms with E-state index < -0.39 is 5.92 Å². The van der Waals surface area contributed by atoms with Crippen molar-refractivity contribution in [1.82, 2.24) is 0 Å². The molecule has 0 N–H and O–H groups in total.